The van der Waals surface area contributed by atoms with Gasteiger partial charge in [0.1, 0.15) is 0 Å². The van der Waals surface area contributed by atoms with E-state index in [1.807, 2.05) is 0 Å². The first-order valence-electron chi connectivity index (χ1n) is 6.46. The molecule has 1 amide bonds. The summed E-state index contributed by atoms with van der Waals surface area (Å²) in [4.78, 5) is 14.0. The average molecular weight is 312 g/mol. The van der Waals surface area contributed by atoms with Gasteiger partial charge in [0.25, 0.3) is 0 Å². The molecule has 2 aliphatic rings. The fraction of sp³-hybridized carbons (Fsp3) is 0.357. The Bertz CT molecular complexity index is 679. The van der Waals surface area contributed by atoms with Gasteiger partial charge in [-0.05, 0) is 37.1 Å². The Morgan fingerprint density at radius 3 is 2.60 bits per heavy atom. The molecular formula is C14H14ClNO3S. The van der Waals surface area contributed by atoms with Crippen LogP contribution in [0, 0.1) is 5.92 Å². The van der Waals surface area contributed by atoms with Crippen molar-refractivity contribution >= 4 is 33.0 Å². The summed E-state index contributed by atoms with van der Waals surface area (Å²) in [5.74, 6) is -0.0532. The molecule has 1 aliphatic heterocycles. The van der Waals surface area contributed by atoms with Crippen LogP contribution in [-0.4, -0.2) is 26.1 Å². The Morgan fingerprint density at radius 2 is 2.05 bits per heavy atom. The second kappa shape index (κ2) is 4.90. The van der Waals surface area contributed by atoms with E-state index in [4.69, 9.17) is 11.6 Å². The molecule has 0 spiro atoms. The van der Waals surface area contributed by atoms with Crippen molar-refractivity contribution in [2.24, 2.45) is 5.92 Å². The van der Waals surface area contributed by atoms with Crippen LogP contribution in [0.25, 0.3) is 0 Å². The summed E-state index contributed by atoms with van der Waals surface area (Å²) < 4.78 is 23.2. The van der Waals surface area contributed by atoms with E-state index in [0.29, 0.717) is 10.7 Å². The molecule has 20 heavy (non-hydrogen) atoms. The van der Waals surface area contributed by atoms with Crippen LogP contribution in [0.4, 0.5) is 5.69 Å². The highest BCUT2D eigenvalue weighted by Crippen LogP contribution is 2.35. The van der Waals surface area contributed by atoms with E-state index in [0.717, 1.165) is 12.8 Å². The zero-order chi connectivity index (χ0) is 14.3. The van der Waals surface area contributed by atoms with Gasteiger partial charge in [0.05, 0.1) is 11.8 Å². The first-order chi connectivity index (χ1) is 9.46. The van der Waals surface area contributed by atoms with Crippen molar-refractivity contribution in [3.63, 3.8) is 0 Å². The quantitative estimate of drug-likeness (QED) is 0.861. The van der Waals surface area contributed by atoms with Crippen LogP contribution in [0.15, 0.2) is 35.7 Å². The van der Waals surface area contributed by atoms with Crippen LogP contribution in [0.5, 0.6) is 0 Å². The molecule has 1 saturated carbocycles. The highest BCUT2D eigenvalue weighted by Gasteiger charge is 2.39. The van der Waals surface area contributed by atoms with Gasteiger partial charge in [-0.1, -0.05) is 17.7 Å². The van der Waals surface area contributed by atoms with Gasteiger partial charge in [-0.15, -0.1) is 0 Å². The van der Waals surface area contributed by atoms with E-state index >= 15 is 0 Å². The third-order valence-corrected chi connectivity index (χ3v) is 5.11. The summed E-state index contributed by atoms with van der Waals surface area (Å²) in [6.45, 7) is 0. The third-order valence-electron chi connectivity index (χ3n) is 3.49. The molecule has 0 radical (unpaired) electrons. The summed E-state index contributed by atoms with van der Waals surface area (Å²) in [7, 11) is -3.20. The fourth-order valence-electron chi connectivity index (χ4n) is 2.36. The Kier molecular flexibility index (Phi) is 3.34. The second-order valence-corrected chi connectivity index (χ2v) is 7.56. The molecule has 0 saturated heterocycles. The molecule has 4 nitrogen and oxygen atoms in total. The van der Waals surface area contributed by atoms with Crippen LogP contribution in [0.2, 0.25) is 5.02 Å². The van der Waals surface area contributed by atoms with Crippen molar-refractivity contribution in [1.82, 2.24) is 0 Å². The molecule has 1 atom stereocenters. The molecule has 1 fully saturated rings. The maximum absolute atomic E-state index is 12.5. The van der Waals surface area contributed by atoms with Crippen LogP contribution in [0.1, 0.15) is 12.8 Å². The lowest BCUT2D eigenvalue weighted by atomic mass is 10.2. The molecule has 3 rings (SSSR count). The number of hydrogen-bond donors (Lipinski definition) is 0. The lowest BCUT2D eigenvalue weighted by Gasteiger charge is -2.28. The normalized spacial score (nSPS) is 23.8. The highest BCUT2D eigenvalue weighted by molar-refractivity contribution is 7.94. The number of benzene rings is 1. The van der Waals surface area contributed by atoms with Gasteiger partial charge in [-0.25, -0.2) is 8.42 Å². The van der Waals surface area contributed by atoms with Crippen molar-refractivity contribution in [2.75, 3.05) is 10.7 Å². The van der Waals surface area contributed by atoms with Crippen molar-refractivity contribution in [1.29, 1.82) is 0 Å². The first kappa shape index (κ1) is 13.6. The largest absolute Gasteiger partial charge is 0.304 e. The molecule has 6 heteroatoms. The molecule has 1 aliphatic carbocycles. The van der Waals surface area contributed by atoms with Crippen LogP contribution in [-0.2, 0) is 14.6 Å². The van der Waals surface area contributed by atoms with E-state index in [1.54, 1.807) is 35.2 Å². The maximum atomic E-state index is 12.5. The Balaban J connectivity index is 1.96. The number of carbonyl (C=O) groups excluding carboxylic acids is 1. The van der Waals surface area contributed by atoms with E-state index in [-0.39, 0.29) is 17.6 Å². The predicted molar refractivity (Wildman–Crippen MR) is 78.4 cm³/mol. The van der Waals surface area contributed by atoms with E-state index in [2.05, 4.69) is 0 Å². The molecule has 0 bridgehead atoms. The van der Waals surface area contributed by atoms with Crippen molar-refractivity contribution in [3.8, 4) is 0 Å². The Morgan fingerprint density at radius 1 is 1.30 bits per heavy atom. The number of rotatable bonds is 3. The monoisotopic (exact) mass is 311 g/mol. The number of halogens is 1. The summed E-state index contributed by atoms with van der Waals surface area (Å²) in [5.41, 5.74) is 0.654. The molecular weight excluding hydrogens is 298 g/mol. The number of carbonyl (C=O) groups is 1. The third kappa shape index (κ3) is 2.74. The number of anilines is 1. The van der Waals surface area contributed by atoms with Gasteiger partial charge in [0.15, 0.2) is 9.84 Å². The minimum atomic E-state index is -3.20. The van der Waals surface area contributed by atoms with Gasteiger partial charge < -0.3 is 4.90 Å². The van der Waals surface area contributed by atoms with Gasteiger partial charge >= 0.3 is 0 Å². The Hall–Kier alpha value is -1.33. The van der Waals surface area contributed by atoms with Crippen LogP contribution < -0.4 is 4.90 Å². The number of hydrogen-bond acceptors (Lipinski definition) is 3. The van der Waals surface area contributed by atoms with Crippen molar-refractivity contribution in [2.45, 2.75) is 18.9 Å². The van der Waals surface area contributed by atoms with Gasteiger partial charge in [-0.3, -0.25) is 4.79 Å². The second-order valence-electron chi connectivity index (χ2n) is 5.19. The topological polar surface area (TPSA) is 54.5 Å². The molecule has 1 heterocycles. The number of nitrogens with zero attached hydrogens (tertiary/aromatic N) is 1. The van der Waals surface area contributed by atoms with Crippen molar-refractivity contribution in [3.05, 3.63) is 40.8 Å². The fourth-order valence-corrected chi connectivity index (χ4v) is 3.81. The van der Waals surface area contributed by atoms with Crippen LogP contribution in [0.3, 0.4) is 0 Å². The SMILES string of the molecule is O=C(C1CC1)N(c1cccc(Cl)c1)[C@H]1C=CS(=O)(=O)C1. The van der Waals surface area contributed by atoms with Crippen molar-refractivity contribution < 1.29 is 13.2 Å². The summed E-state index contributed by atoms with van der Waals surface area (Å²) in [6, 6.07) is 6.53. The van der Waals surface area contributed by atoms with Gasteiger partial charge in [0, 0.05) is 22.0 Å². The Labute approximate surface area is 122 Å². The zero-order valence-electron chi connectivity index (χ0n) is 10.7. The van der Waals surface area contributed by atoms with E-state index in [9.17, 15) is 13.2 Å². The molecule has 0 N–H and O–H groups in total. The summed E-state index contributed by atoms with van der Waals surface area (Å²) in [6.07, 6.45) is 3.33. The summed E-state index contributed by atoms with van der Waals surface area (Å²) in [5, 5.41) is 1.72. The zero-order valence-corrected chi connectivity index (χ0v) is 12.3. The van der Waals surface area contributed by atoms with E-state index in [1.165, 1.54) is 5.41 Å². The van der Waals surface area contributed by atoms with E-state index < -0.39 is 15.9 Å². The predicted octanol–water partition coefficient (Wildman–Crippen LogP) is 2.39. The molecule has 106 valence electrons. The highest BCUT2D eigenvalue weighted by atomic mass is 35.5. The number of sulfone groups is 1. The standard InChI is InChI=1S/C14H14ClNO3S/c15-11-2-1-3-12(8-11)16(14(17)10-4-5-10)13-6-7-20(18,19)9-13/h1-3,6-8,10,13H,4-5,9H2/t13-/m0/s1. The lowest BCUT2D eigenvalue weighted by Crippen LogP contribution is -2.42. The molecule has 1 aromatic rings. The first-order valence-corrected chi connectivity index (χ1v) is 8.55. The van der Waals surface area contributed by atoms with Gasteiger partial charge in [-0.2, -0.15) is 0 Å². The molecule has 1 aromatic carbocycles. The number of amides is 1. The summed E-state index contributed by atoms with van der Waals surface area (Å²) >= 11 is 5.98. The van der Waals surface area contributed by atoms with Gasteiger partial charge in [0.2, 0.25) is 5.91 Å². The minimum Gasteiger partial charge on any atom is -0.304 e. The maximum Gasteiger partial charge on any atom is 0.230 e. The minimum absolute atomic E-state index is 0.0148. The lowest BCUT2D eigenvalue weighted by molar-refractivity contribution is -0.120. The molecule has 0 aromatic heterocycles. The van der Waals surface area contributed by atoms with Crippen LogP contribution >= 0.6 is 11.6 Å². The average Bonchev–Trinajstić information content (AvgIpc) is 3.15. The molecule has 0 unspecified atom stereocenters. The smallest absolute Gasteiger partial charge is 0.230 e.